The van der Waals surface area contributed by atoms with Crippen LogP contribution in [0.3, 0.4) is 0 Å². The molecule has 0 fully saturated rings. The van der Waals surface area contributed by atoms with Crippen molar-refractivity contribution in [1.29, 1.82) is 0 Å². The molecule has 0 radical (unpaired) electrons. The van der Waals surface area contributed by atoms with Gasteiger partial charge in [0.1, 0.15) is 11.4 Å². The summed E-state index contributed by atoms with van der Waals surface area (Å²) >= 11 is 0. The van der Waals surface area contributed by atoms with Crippen LogP contribution in [-0.2, 0) is 10.3 Å². The van der Waals surface area contributed by atoms with Gasteiger partial charge in [-0.05, 0) is 51.5 Å². The van der Waals surface area contributed by atoms with Gasteiger partial charge in [-0.3, -0.25) is 0 Å². The summed E-state index contributed by atoms with van der Waals surface area (Å²) in [5, 5.41) is 13.4. The zero-order chi connectivity index (χ0) is 14.0. The minimum Gasteiger partial charge on any atom is -0.508 e. The average molecular weight is 262 g/mol. The lowest BCUT2D eigenvalue weighted by Crippen LogP contribution is -2.23. The summed E-state index contributed by atoms with van der Waals surface area (Å²) in [6, 6.07) is 5.02. The van der Waals surface area contributed by atoms with Gasteiger partial charge in [-0.2, -0.15) is 4.98 Å². The molecular formula is C14H18N2O3. The number of benzene rings is 1. The van der Waals surface area contributed by atoms with E-state index in [-0.39, 0.29) is 5.75 Å². The second kappa shape index (κ2) is 5.01. The Hall–Kier alpha value is -1.88. The molecule has 5 nitrogen and oxygen atoms in total. The summed E-state index contributed by atoms with van der Waals surface area (Å²) in [5.74, 6) is 1.16. The van der Waals surface area contributed by atoms with E-state index in [2.05, 4.69) is 10.1 Å². The van der Waals surface area contributed by atoms with E-state index in [1.165, 1.54) is 0 Å². The normalized spacial score (nSPS) is 11.8. The molecule has 0 aliphatic carbocycles. The second-order valence-corrected chi connectivity index (χ2v) is 4.87. The van der Waals surface area contributed by atoms with Crippen LogP contribution >= 0.6 is 0 Å². The summed E-state index contributed by atoms with van der Waals surface area (Å²) in [4.78, 5) is 4.38. The predicted octanol–water partition coefficient (Wildman–Crippen LogP) is 3.02. The van der Waals surface area contributed by atoms with Crippen molar-refractivity contribution in [3.05, 3.63) is 29.6 Å². The molecule has 0 aliphatic heterocycles. The number of ether oxygens (including phenoxy) is 1. The van der Waals surface area contributed by atoms with Crippen molar-refractivity contribution in [2.24, 2.45) is 0 Å². The molecule has 0 saturated carbocycles. The van der Waals surface area contributed by atoms with Crippen LogP contribution in [0.25, 0.3) is 11.5 Å². The summed E-state index contributed by atoms with van der Waals surface area (Å²) < 4.78 is 10.9. The Balaban J connectivity index is 2.35. The monoisotopic (exact) mass is 262 g/mol. The summed E-state index contributed by atoms with van der Waals surface area (Å²) in [7, 11) is 0. The maximum absolute atomic E-state index is 9.40. The van der Waals surface area contributed by atoms with Gasteiger partial charge in [-0.25, -0.2) is 0 Å². The topological polar surface area (TPSA) is 68.4 Å². The zero-order valence-corrected chi connectivity index (χ0v) is 11.6. The molecule has 0 aliphatic rings. The third-order valence-electron chi connectivity index (χ3n) is 2.91. The predicted molar refractivity (Wildman–Crippen MR) is 70.8 cm³/mol. The lowest BCUT2D eigenvalue weighted by atomic mass is 10.1. The highest BCUT2D eigenvalue weighted by Crippen LogP contribution is 2.28. The van der Waals surface area contributed by atoms with Crippen molar-refractivity contribution >= 4 is 0 Å². The van der Waals surface area contributed by atoms with Crippen LogP contribution in [0.15, 0.2) is 22.7 Å². The van der Waals surface area contributed by atoms with Crippen LogP contribution in [0.1, 0.15) is 32.2 Å². The van der Waals surface area contributed by atoms with Crippen molar-refractivity contribution in [3.8, 4) is 17.2 Å². The number of phenols is 1. The first-order valence-electron chi connectivity index (χ1n) is 6.22. The molecule has 1 N–H and O–H groups in total. The quantitative estimate of drug-likeness (QED) is 0.917. The molecule has 5 heteroatoms. The van der Waals surface area contributed by atoms with Gasteiger partial charge < -0.3 is 14.4 Å². The summed E-state index contributed by atoms with van der Waals surface area (Å²) in [6.45, 7) is 8.18. The van der Waals surface area contributed by atoms with E-state index < -0.39 is 5.60 Å². The molecule has 19 heavy (non-hydrogen) atoms. The SMILES string of the molecule is CCOC(C)(C)c1noc(-c2ccc(O)cc2C)n1. The Morgan fingerprint density at radius 2 is 2.11 bits per heavy atom. The van der Waals surface area contributed by atoms with Crippen LogP contribution in [0.5, 0.6) is 5.75 Å². The van der Waals surface area contributed by atoms with Crippen LogP contribution in [0.4, 0.5) is 0 Å². The Morgan fingerprint density at radius 1 is 1.37 bits per heavy atom. The van der Waals surface area contributed by atoms with E-state index >= 15 is 0 Å². The first-order valence-corrected chi connectivity index (χ1v) is 6.22. The third-order valence-corrected chi connectivity index (χ3v) is 2.91. The van der Waals surface area contributed by atoms with Crippen LogP contribution in [0, 0.1) is 6.92 Å². The highest BCUT2D eigenvalue weighted by atomic mass is 16.5. The van der Waals surface area contributed by atoms with Crippen molar-refractivity contribution < 1.29 is 14.4 Å². The van der Waals surface area contributed by atoms with Crippen molar-refractivity contribution in [2.45, 2.75) is 33.3 Å². The molecule has 0 bridgehead atoms. The van der Waals surface area contributed by atoms with Gasteiger partial charge in [-0.1, -0.05) is 5.16 Å². The Labute approximate surface area is 112 Å². The number of hydrogen-bond donors (Lipinski definition) is 1. The molecule has 0 atom stereocenters. The van der Waals surface area contributed by atoms with Gasteiger partial charge >= 0.3 is 0 Å². The highest BCUT2D eigenvalue weighted by molar-refractivity contribution is 5.59. The van der Waals surface area contributed by atoms with E-state index in [1.807, 2.05) is 27.7 Å². The number of aromatic nitrogens is 2. The zero-order valence-electron chi connectivity index (χ0n) is 11.6. The average Bonchev–Trinajstić information content (AvgIpc) is 2.78. The molecule has 0 spiro atoms. The van der Waals surface area contributed by atoms with E-state index in [0.717, 1.165) is 11.1 Å². The molecule has 1 heterocycles. The highest BCUT2D eigenvalue weighted by Gasteiger charge is 2.27. The fraction of sp³-hybridized carbons (Fsp3) is 0.429. The lowest BCUT2D eigenvalue weighted by molar-refractivity contribution is -0.0221. The van der Waals surface area contributed by atoms with Gasteiger partial charge in [0.15, 0.2) is 0 Å². The molecule has 102 valence electrons. The molecule has 0 unspecified atom stereocenters. The third kappa shape index (κ3) is 2.76. The van der Waals surface area contributed by atoms with Gasteiger partial charge in [0.2, 0.25) is 5.82 Å². The summed E-state index contributed by atoms with van der Waals surface area (Å²) in [6.07, 6.45) is 0. The maximum atomic E-state index is 9.40. The molecule has 1 aromatic carbocycles. The van der Waals surface area contributed by atoms with E-state index in [1.54, 1.807) is 18.2 Å². The fourth-order valence-electron chi connectivity index (χ4n) is 1.89. The molecule has 1 aromatic heterocycles. The van der Waals surface area contributed by atoms with Gasteiger partial charge in [0, 0.05) is 12.2 Å². The van der Waals surface area contributed by atoms with E-state index in [9.17, 15) is 5.11 Å². The van der Waals surface area contributed by atoms with Gasteiger partial charge in [0.25, 0.3) is 5.89 Å². The van der Waals surface area contributed by atoms with Gasteiger partial charge in [-0.15, -0.1) is 0 Å². The van der Waals surface area contributed by atoms with E-state index in [0.29, 0.717) is 18.3 Å². The van der Waals surface area contributed by atoms with Crippen molar-refractivity contribution in [3.63, 3.8) is 0 Å². The number of hydrogen-bond acceptors (Lipinski definition) is 5. The van der Waals surface area contributed by atoms with Crippen LogP contribution < -0.4 is 0 Å². The number of rotatable bonds is 4. The Bertz CT molecular complexity index is 576. The standard InChI is InChI=1S/C14H18N2O3/c1-5-18-14(3,4)13-15-12(19-16-13)11-7-6-10(17)8-9(11)2/h6-8,17H,5H2,1-4H3. The molecule has 2 aromatic rings. The van der Waals surface area contributed by atoms with Crippen LogP contribution in [-0.4, -0.2) is 21.9 Å². The number of aryl methyl sites for hydroxylation is 1. The van der Waals surface area contributed by atoms with Crippen molar-refractivity contribution in [2.75, 3.05) is 6.61 Å². The first-order chi connectivity index (χ1) is 8.94. The number of phenolic OH excluding ortho intramolecular Hbond substituents is 1. The second-order valence-electron chi connectivity index (χ2n) is 4.87. The molecule has 0 amide bonds. The molecule has 2 rings (SSSR count). The van der Waals surface area contributed by atoms with Gasteiger partial charge in [0.05, 0.1) is 0 Å². The fourth-order valence-corrected chi connectivity index (χ4v) is 1.89. The summed E-state index contributed by atoms with van der Waals surface area (Å²) in [5.41, 5.74) is 1.11. The smallest absolute Gasteiger partial charge is 0.258 e. The molecular weight excluding hydrogens is 244 g/mol. The maximum Gasteiger partial charge on any atom is 0.258 e. The Kier molecular flexibility index (Phi) is 3.57. The van der Waals surface area contributed by atoms with E-state index in [4.69, 9.17) is 9.26 Å². The minimum atomic E-state index is -0.582. The molecule has 0 saturated heterocycles. The van der Waals surface area contributed by atoms with Crippen LogP contribution in [0.2, 0.25) is 0 Å². The first kappa shape index (κ1) is 13.5. The minimum absolute atomic E-state index is 0.218. The number of nitrogens with zero attached hydrogens (tertiary/aromatic N) is 2. The Morgan fingerprint density at radius 3 is 2.74 bits per heavy atom. The van der Waals surface area contributed by atoms with Crippen molar-refractivity contribution in [1.82, 2.24) is 10.1 Å². The number of aromatic hydroxyl groups is 1. The largest absolute Gasteiger partial charge is 0.508 e. The lowest BCUT2D eigenvalue weighted by Gasteiger charge is -2.19.